The van der Waals surface area contributed by atoms with Crippen LogP contribution in [0.15, 0.2) is 34.9 Å². The Kier molecular flexibility index (Phi) is 4.78. The average Bonchev–Trinajstić information content (AvgIpc) is 3.06. The molecule has 6 heteroatoms. The molecule has 0 aliphatic carbocycles. The molecule has 0 bridgehead atoms. The molecule has 2 heterocycles. The zero-order valence-electron chi connectivity index (χ0n) is 12.3. The van der Waals surface area contributed by atoms with Crippen molar-refractivity contribution in [3.63, 3.8) is 0 Å². The molecule has 1 saturated heterocycles. The van der Waals surface area contributed by atoms with Gasteiger partial charge in [0.2, 0.25) is 5.82 Å². The zero-order chi connectivity index (χ0) is 15.2. The molecule has 0 amide bonds. The van der Waals surface area contributed by atoms with Gasteiger partial charge in [0.1, 0.15) is 6.10 Å². The number of rotatable bonds is 5. The smallest absolute Gasteiger partial charge is 0.258 e. The van der Waals surface area contributed by atoms with Crippen LogP contribution < -0.4 is 0 Å². The van der Waals surface area contributed by atoms with Crippen LogP contribution in [0.2, 0.25) is 0 Å². The van der Waals surface area contributed by atoms with Gasteiger partial charge in [-0.05, 0) is 25.1 Å². The van der Waals surface area contributed by atoms with Gasteiger partial charge in [0.25, 0.3) is 5.89 Å². The molecule has 6 nitrogen and oxygen atoms in total. The molecule has 114 valence electrons. The van der Waals surface area contributed by atoms with E-state index in [1.807, 2.05) is 30.3 Å². The Hall–Kier alpha value is -2.23. The SMILES string of the molecule is N#CCCCN1CCOC(c2noc(-c3ccccc3)n2)C1. The van der Waals surface area contributed by atoms with E-state index >= 15 is 0 Å². The summed E-state index contributed by atoms with van der Waals surface area (Å²) in [5.41, 5.74) is 0.905. The minimum atomic E-state index is -0.169. The topological polar surface area (TPSA) is 75.2 Å². The van der Waals surface area contributed by atoms with E-state index in [0.29, 0.717) is 24.7 Å². The minimum absolute atomic E-state index is 0.169. The first-order valence-corrected chi connectivity index (χ1v) is 7.47. The second-order valence-corrected chi connectivity index (χ2v) is 5.25. The normalized spacial score (nSPS) is 19.0. The highest BCUT2D eigenvalue weighted by atomic mass is 16.5. The number of nitrogens with zero attached hydrogens (tertiary/aromatic N) is 4. The van der Waals surface area contributed by atoms with Gasteiger partial charge in [-0.2, -0.15) is 10.2 Å². The van der Waals surface area contributed by atoms with Crippen molar-refractivity contribution in [1.82, 2.24) is 15.0 Å². The van der Waals surface area contributed by atoms with Crippen molar-refractivity contribution >= 4 is 0 Å². The maximum Gasteiger partial charge on any atom is 0.258 e. The molecule has 0 radical (unpaired) electrons. The van der Waals surface area contributed by atoms with E-state index in [0.717, 1.165) is 31.6 Å². The maximum atomic E-state index is 8.61. The Morgan fingerprint density at radius 2 is 2.18 bits per heavy atom. The van der Waals surface area contributed by atoms with Crippen LogP contribution in [0, 0.1) is 11.3 Å². The fourth-order valence-electron chi connectivity index (χ4n) is 2.51. The summed E-state index contributed by atoms with van der Waals surface area (Å²) in [4.78, 5) is 6.74. The monoisotopic (exact) mass is 298 g/mol. The van der Waals surface area contributed by atoms with Crippen molar-refractivity contribution < 1.29 is 9.26 Å². The lowest BCUT2D eigenvalue weighted by molar-refractivity contribution is -0.0353. The summed E-state index contributed by atoms with van der Waals surface area (Å²) in [6.07, 6.45) is 1.30. The highest BCUT2D eigenvalue weighted by Crippen LogP contribution is 2.23. The molecule has 1 aliphatic rings. The lowest BCUT2D eigenvalue weighted by Gasteiger charge is -2.31. The second kappa shape index (κ2) is 7.16. The number of aromatic nitrogens is 2. The second-order valence-electron chi connectivity index (χ2n) is 5.25. The van der Waals surface area contributed by atoms with Gasteiger partial charge in [-0.15, -0.1) is 0 Å². The predicted octanol–water partition coefficient (Wildman–Crippen LogP) is 2.41. The molecule has 3 rings (SSSR count). The van der Waals surface area contributed by atoms with Crippen molar-refractivity contribution in [1.29, 1.82) is 5.26 Å². The van der Waals surface area contributed by atoms with Gasteiger partial charge in [0.05, 0.1) is 12.7 Å². The maximum absolute atomic E-state index is 8.61. The number of benzene rings is 1. The Balaban J connectivity index is 1.64. The van der Waals surface area contributed by atoms with E-state index < -0.39 is 0 Å². The Labute approximate surface area is 129 Å². The highest BCUT2D eigenvalue weighted by molar-refractivity contribution is 5.52. The molecule has 1 atom stereocenters. The number of nitriles is 1. The highest BCUT2D eigenvalue weighted by Gasteiger charge is 2.26. The van der Waals surface area contributed by atoms with Gasteiger partial charge < -0.3 is 9.26 Å². The lowest BCUT2D eigenvalue weighted by atomic mass is 10.2. The van der Waals surface area contributed by atoms with Gasteiger partial charge in [0, 0.05) is 25.1 Å². The van der Waals surface area contributed by atoms with Gasteiger partial charge in [-0.1, -0.05) is 23.4 Å². The summed E-state index contributed by atoms with van der Waals surface area (Å²) < 4.78 is 11.1. The van der Waals surface area contributed by atoms with Crippen LogP contribution in [-0.4, -0.2) is 41.3 Å². The van der Waals surface area contributed by atoms with Crippen LogP contribution in [0.25, 0.3) is 11.5 Å². The molecule has 1 aromatic carbocycles. The molecular weight excluding hydrogens is 280 g/mol. The molecule has 1 aliphatic heterocycles. The molecule has 1 aromatic heterocycles. The summed E-state index contributed by atoms with van der Waals surface area (Å²) in [5, 5.41) is 12.7. The minimum Gasteiger partial charge on any atom is -0.367 e. The molecule has 1 fully saturated rings. The Morgan fingerprint density at radius 3 is 3.00 bits per heavy atom. The van der Waals surface area contributed by atoms with Crippen LogP contribution in [0.3, 0.4) is 0 Å². The molecule has 0 spiro atoms. The van der Waals surface area contributed by atoms with Crippen molar-refractivity contribution in [2.75, 3.05) is 26.2 Å². The summed E-state index contributed by atoms with van der Waals surface area (Å²) >= 11 is 0. The first-order valence-electron chi connectivity index (χ1n) is 7.47. The van der Waals surface area contributed by atoms with Gasteiger partial charge in [-0.3, -0.25) is 4.90 Å². The summed E-state index contributed by atoms with van der Waals surface area (Å²) in [5.74, 6) is 1.10. The third-order valence-corrected chi connectivity index (χ3v) is 3.66. The largest absolute Gasteiger partial charge is 0.367 e. The quantitative estimate of drug-likeness (QED) is 0.789. The van der Waals surface area contributed by atoms with E-state index in [1.54, 1.807) is 0 Å². The molecule has 0 saturated carbocycles. The van der Waals surface area contributed by atoms with E-state index in [1.165, 1.54) is 0 Å². The number of morpholine rings is 1. The average molecular weight is 298 g/mol. The van der Waals surface area contributed by atoms with Crippen molar-refractivity contribution in [3.05, 3.63) is 36.2 Å². The lowest BCUT2D eigenvalue weighted by Crippen LogP contribution is -2.39. The van der Waals surface area contributed by atoms with Crippen LogP contribution in [0.4, 0.5) is 0 Å². The van der Waals surface area contributed by atoms with Gasteiger partial charge in [0.15, 0.2) is 0 Å². The molecule has 22 heavy (non-hydrogen) atoms. The Bertz CT molecular complexity index is 635. The van der Waals surface area contributed by atoms with E-state index in [2.05, 4.69) is 21.1 Å². The van der Waals surface area contributed by atoms with Gasteiger partial charge >= 0.3 is 0 Å². The predicted molar refractivity (Wildman–Crippen MR) is 79.7 cm³/mol. The fourth-order valence-corrected chi connectivity index (χ4v) is 2.51. The van der Waals surface area contributed by atoms with Crippen molar-refractivity contribution in [3.8, 4) is 17.5 Å². The fraction of sp³-hybridized carbons (Fsp3) is 0.438. The van der Waals surface area contributed by atoms with E-state index in [4.69, 9.17) is 14.5 Å². The number of hydrogen-bond acceptors (Lipinski definition) is 6. The molecule has 1 unspecified atom stereocenters. The third-order valence-electron chi connectivity index (χ3n) is 3.66. The third kappa shape index (κ3) is 3.50. The van der Waals surface area contributed by atoms with E-state index in [-0.39, 0.29) is 6.10 Å². The van der Waals surface area contributed by atoms with Crippen LogP contribution >= 0.6 is 0 Å². The van der Waals surface area contributed by atoms with E-state index in [9.17, 15) is 0 Å². The summed E-state index contributed by atoms with van der Waals surface area (Å²) in [7, 11) is 0. The van der Waals surface area contributed by atoms with Crippen LogP contribution in [0.1, 0.15) is 24.8 Å². The number of unbranched alkanes of at least 4 members (excludes halogenated alkanes) is 1. The number of ether oxygens (including phenoxy) is 1. The number of hydrogen-bond donors (Lipinski definition) is 0. The zero-order valence-corrected chi connectivity index (χ0v) is 12.3. The summed E-state index contributed by atoms with van der Waals surface area (Å²) in [6.45, 7) is 3.16. The molecule has 0 N–H and O–H groups in total. The van der Waals surface area contributed by atoms with Crippen molar-refractivity contribution in [2.45, 2.75) is 18.9 Å². The van der Waals surface area contributed by atoms with Crippen LogP contribution in [-0.2, 0) is 4.74 Å². The molecule has 2 aromatic rings. The van der Waals surface area contributed by atoms with Gasteiger partial charge in [-0.25, -0.2) is 0 Å². The van der Waals surface area contributed by atoms with Crippen molar-refractivity contribution in [2.24, 2.45) is 0 Å². The van der Waals surface area contributed by atoms with Crippen LogP contribution in [0.5, 0.6) is 0 Å². The standard InChI is InChI=1S/C16H18N4O2/c17-8-4-5-9-20-10-11-21-14(12-20)15-18-16(22-19-15)13-6-2-1-3-7-13/h1-3,6-7,14H,4-5,9-12H2. The Morgan fingerprint density at radius 1 is 1.32 bits per heavy atom. The molecular formula is C16H18N4O2. The summed E-state index contributed by atoms with van der Waals surface area (Å²) in [6, 6.07) is 11.9. The first-order chi connectivity index (χ1) is 10.9. The first kappa shape index (κ1) is 14.7.